The molecule has 100 valence electrons. The lowest BCUT2D eigenvalue weighted by Crippen LogP contribution is -2.26. The first-order valence-electron chi connectivity index (χ1n) is 6.68. The third-order valence-electron chi connectivity index (χ3n) is 2.95. The van der Waals surface area contributed by atoms with Gasteiger partial charge in [-0.2, -0.15) is 0 Å². The van der Waals surface area contributed by atoms with E-state index in [1.54, 1.807) is 0 Å². The van der Waals surface area contributed by atoms with E-state index in [1.165, 1.54) is 18.4 Å². The molecule has 0 unspecified atom stereocenters. The molecule has 0 N–H and O–H groups in total. The second-order valence-corrected chi connectivity index (χ2v) is 5.71. The Bertz CT molecular complexity index is 371. The van der Waals surface area contributed by atoms with E-state index in [9.17, 15) is 4.79 Å². The number of benzene rings is 1. The maximum absolute atomic E-state index is 11.7. The van der Waals surface area contributed by atoms with Gasteiger partial charge in [0.2, 0.25) is 0 Å². The summed E-state index contributed by atoms with van der Waals surface area (Å²) in [6.45, 7) is 8.07. The monoisotopic (exact) mass is 248 g/mol. The van der Waals surface area contributed by atoms with Gasteiger partial charge in [-0.3, -0.25) is 4.79 Å². The summed E-state index contributed by atoms with van der Waals surface area (Å²) in [6.07, 6.45) is 3.53. The normalized spacial score (nSPS) is 11.3. The van der Waals surface area contributed by atoms with Crippen LogP contribution in [0.3, 0.4) is 0 Å². The number of unbranched alkanes of at least 4 members (excludes halogenated alkanes) is 1. The van der Waals surface area contributed by atoms with Crippen molar-refractivity contribution in [3.05, 3.63) is 29.8 Å². The SMILES string of the molecule is CCCCc1ccc(OCC(=O)C(C)(C)C)cc1. The Morgan fingerprint density at radius 1 is 1.17 bits per heavy atom. The molecule has 0 saturated heterocycles. The molecular formula is C16H24O2. The molecule has 0 aliphatic heterocycles. The van der Waals surface area contributed by atoms with Crippen molar-refractivity contribution in [3.8, 4) is 5.75 Å². The molecule has 0 saturated carbocycles. The standard InChI is InChI=1S/C16H24O2/c1-5-6-7-13-8-10-14(11-9-13)18-12-15(17)16(2,3)4/h8-11H,5-7,12H2,1-4H3. The molecule has 0 bridgehead atoms. The highest BCUT2D eigenvalue weighted by Gasteiger charge is 2.21. The summed E-state index contributed by atoms with van der Waals surface area (Å²) in [5.74, 6) is 0.894. The molecule has 0 atom stereocenters. The molecule has 0 fully saturated rings. The Labute approximate surface area is 110 Å². The van der Waals surface area contributed by atoms with Crippen LogP contribution in [0.2, 0.25) is 0 Å². The Balaban J connectivity index is 2.46. The van der Waals surface area contributed by atoms with Crippen molar-refractivity contribution < 1.29 is 9.53 Å². The molecule has 0 radical (unpaired) electrons. The van der Waals surface area contributed by atoms with Crippen molar-refractivity contribution in [3.63, 3.8) is 0 Å². The van der Waals surface area contributed by atoms with Crippen LogP contribution < -0.4 is 4.74 Å². The number of Topliss-reactive ketones (excluding diaryl/α,β-unsaturated/α-hetero) is 1. The Morgan fingerprint density at radius 3 is 2.28 bits per heavy atom. The highest BCUT2D eigenvalue weighted by atomic mass is 16.5. The molecule has 1 rings (SSSR count). The van der Waals surface area contributed by atoms with Gasteiger partial charge in [0.05, 0.1) is 0 Å². The highest BCUT2D eigenvalue weighted by Crippen LogP contribution is 2.17. The molecule has 1 aromatic rings. The molecule has 0 amide bonds. The third kappa shape index (κ3) is 4.91. The number of hydrogen-bond acceptors (Lipinski definition) is 2. The largest absolute Gasteiger partial charge is 0.486 e. The lowest BCUT2D eigenvalue weighted by Gasteiger charge is -2.16. The van der Waals surface area contributed by atoms with Crippen molar-refractivity contribution in [1.82, 2.24) is 0 Å². The van der Waals surface area contributed by atoms with Crippen LogP contribution in [-0.4, -0.2) is 12.4 Å². The minimum Gasteiger partial charge on any atom is -0.486 e. The molecular weight excluding hydrogens is 224 g/mol. The van der Waals surface area contributed by atoms with Crippen molar-refractivity contribution in [2.75, 3.05) is 6.61 Å². The van der Waals surface area contributed by atoms with Gasteiger partial charge >= 0.3 is 0 Å². The van der Waals surface area contributed by atoms with Crippen LogP contribution in [0.15, 0.2) is 24.3 Å². The van der Waals surface area contributed by atoms with Crippen LogP contribution >= 0.6 is 0 Å². The van der Waals surface area contributed by atoms with E-state index < -0.39 is 0 Å². The Morgan fingerprint density at radius 2 is 1.78 bits per heavy atom. The Hall–Kier alpha value is -1.31. The fraction of sp³-hybridized carbons (Fsp3) is 0.562. The second-order valence-electron chi connectivity index (χ2n) is 5.71. The van der Waals surface area contributed by atoms with Gasteiger partial charge in [-0.15, -0.1) is 0 Å². The lowest BCUT2D eigenvalue weighted by molar-refractivity contribution is -0.128. The first-order valence-corrected chi connectivity index (χ1v) is 6.68. The van der Waals surface area contributed by atoms with E-state index in [0.29, 0.717) is 0 Å². The zero-order valence-electron chi connectivity index (χ0n) is 12.0. The van der Waals surface area contributed by atoms with Gasteiger partial charge in [0.1, 0.15) is 12.4 Å². The first-order chi connectivity index (χ1) is 8.43. The van der Waals surface area contributed by atoms with E-state index in [2.05, 4.69) is 19.1 Å². The molecule has 2 nitrogen and oxygen atoms in total. The zero-order valence-corrected chi connectivity index (χ0v) is 12.0. The van der Waals surface area contributed by atoms with Crippen molar-refractivity contribution >= 4 is 5.78 Å². The predicted molar refractivity (Wildman–Crippen MR) is 75.0 cm³/mol. The van der Waals surface area contributed by atoms with Gasteiger partial charge in [0, 0.05) is 5.41 Å². The van der Waals surface area contributed by atoms with Crippen LogP contribution in [0.1, 0.15) is 46.1 Å². The number of carbonyl (C=O) groups excluding carboxylic acids is 1. The van der Waals surface area contributed by atoms with Crippen LogP contribution in [-0.2, 0) is 11.2 Å². The molecule has 2 heteroatoms. The summed E-state index contributed by atoms with van der Waals surface area (Å²) in [5, 5.41) is 0. The van der Waals surface area contributed by atoms with Crippen molar-refractivity contribution in [2.24, 2.45) is 5.41 Å². The highest BCUT2D eigenvalue weighted by molar-refractivity contribution is 5.85. The van der Waals surface area contributed by atoms with E-state index in [1.807, 2.05) is 32.9 Å². The van der Waals surface area contributed by atoms with Gasteiger partial charge in [-0.25, -0.2) is 0 Å². The molecule has 0 aliphatic rings. The van der Waals surface area contributed by atoms with E-state index in [4.69, 9.17) is 4.74 Å². The summed E-state index contributed by atoms with van der Waals surface area (Å²) >= 11 is 0. The quantitative estimate of drug-likeness (QED) is 0.760. The molecule has 0 aromatic heterocycles. The van der Waals surface area contributed by atoms with E-state index >= 15 is 0 Å². The van der Waals surface area contributed by atoms with Gasteiger partial charge in [-0.05, 0) is 30.5 Å². The minimum absolute atomic E-state index is 0.123. The van der Waals surface area contributed by atoms with E-state index in [0.717, 1.165) is 12.2 Å². The predicted octanol–water partition coefficient (Wildman–Crippen LogP) is 4.02. The fourth-order valence-corrected chi connectivity index (χ4v) is 1.50. The summed E-state index contributed by atoms with van der Waals surface area (Å²) in [4.78, 5) is 11.7. The summed E-state index contributed by atoms with van der Waals surface area (Å²) in [7, 11) is 0. The summed E-state index contributed by atoms with van der Waals surface area (Å²) in [5.41, 5.74) is 0.993. The second kappa shape index (κ2) is 6.58. The van der Waals surface area contributed by atoms with Crippen molar-refractivity contribution in [2.45, 2.75) is 47.0 Å². The average Bonchev–Trinajstić information content (AvgIpc) is 2.33. The zero-order chi connectivity index (χ0) is 13.6. The van der Waals surface area contributed by atoms with Crippen molar-refractivity contribution in [1.29, 1.82) is 0 Å². The minimum atomic E-state index is -0.332. The number of aryl methyl sites for hydroxylation is 1. The van der Waals surface area contributed by atoms with Crippen LogP contribution in [0, 0.1) is 5.41 Å². The van der Waals surface area contributed by atoms with Gasteiger partial charge in [-0.1, -0.05) is 46.2 Å². The number of hydrogen-bond donors (Lipinski definition) is 0. The number of ether oxygens (including phenoxy) is 1. The maximum Gasteiger partial charge on any atom is 0.175 e. The fourth-order valence-electron chi connectivity index (χ4n) is 1.50. The van der Waals surface area contributed by atoms with Crippen LogP contribution in [0.4, 0.5) is 0 Å². The van der Waals surface area contributed by atoms with Crippen LogP contribution in [0.5, 0.6) is 5.75 Å². The molecule has 0 heterocycles. The molecule has 0 aliphatic carbocycles. The maximum atomic E-state index is 11.7. The van der Waals surface area contributed by atoms with Gasteiger partial charge < -0.3 is 4.74 Å². The molecule has 1 aromatic carbocycles. The third-order valence-corrected chi connectivity index (χ3v) is 2.95. The lowest BCUT2D eigenvalue weighted by atomic mass is 9.91. The average molecular weight is 248 g/mol. The number of carbonyl (C=O) groups is 1. The van der Waals surface area contributed by atoms with Gasteiger partial charge in [0.15, 0.2) is 5.78 Å². The summed E-state index contributed by atoms with van der Waals surface area (Å²) in [6, 6.07) is 8.04. The topological polar surface area (TPSA) is 26.3 Å². The first kappa shape index (κ1) is 14.7. The number of ketones is 1. The number of rotatable bonds is 6. The summed E-state index contributed by atoms with van der Waals surface area (Å²) < 4.78 is 5.50. The Kier molecular flexibility index (Phi) is 5.39. The van der Waals surface area contributed by atoms with Gasteiger partial charge in [0.25, 0.3) is 0 Å². The van der Waals surface area contributed by atoms with Crippen LogP contribution in [0.25, 0.3) is 0 Å². The molecule has 18 heavy (non-hydrogen) atoms. The smallest absolute Gasteiger partial charge is 0.175 e. The molecule has 0 spiro atoms. The van der Waals surface area contributed by atoms with E-state index in [-0.39, 0.29) is 17.8 Å².